The average molecular weight is 322 g/mol. The van der Waals surface area contributed by atoms with Crippen molar-refractivity contribution in [3.8, 4) is 0 Å². The molecular formula is C8H8ClN5O5S. The summed E-state index contributed by atoms with van der Waals surface area (Å²) >= 11 is 0. The highest BCUT2D eigenvalue weighted by Gasteiger charge is 2.30. The van der Waals surface area contributed by atoms with Crippen LogP contribution in [0.25, 0.3) is 0 Å². The van der Waals surface area contributed by atoms with Crippen LogP contribution in [0.3, 0.4) is 0 Å². The molecule has 0 spiro atoms. The molecular weight excluding hydrogens is 314 g/mol. The summed E-state index contributed by atoms with van der Waals surface area (Å²) in [5, 5.41) is 17.9. The minimum absolute atomic E-state index is 0.0727. The maximum atomic E-state index is 11.2. The molecule has 108 valence electrons. The molecule has 12 heteroatoms. The van der Waals surface area contributed by atoms with Crippen LogP contribution in [-0.4, -0.2) is 33.3 Å². The van der Waals surface area contributed by atoms with Crippen LogP contribution < -0.4 is 0 Å². The molecule has 20 heavy (non-hydrogen) atoms. The van der Waals surface area contributed by atoms with Gasteiger partial charge in [0.05, 0.1) is 11.3 Å². The van der Waals surface area contributed by atoms with Gasteiger partial charge in [0.15, 0.2) is 5.82 Å². The van der Waals surface area contributed by atoms with Gasteiger partial charge in [-0.15, -0.1) is 0 Å². The normalized spacial score (nSPS) is 11.7. The molecule has 0 aliphatic heterocycles. The molecule has 0 aromatic carbocycles. The zero-order valence-corrected chi connectivity index (χ0v) is 11.6. The Morgan fingerprint density at radius 2 is 2.25 bits per heavy atom. The van der Waals surface area contributed by atoms with E-state index in [2.05, 4.69) is 15.2 Å². The van der Waals surface area contributed by atoms with Gasteiger partial charge in [-0.25, -0.2) is 8.42 Å². The second kappa shape index (κ2) is 5.17. The molecule has 0 aliphatic carbocycles. The average Bonchev–Trinajstić information content (AvgIpc) is 2.95. The van der Waals surface area contributed by atoms with Gasteiger partial charge < -0.3 is 14.6 Å². The van der Waals surface area contributed by atoms with E-state index >= 15 is 0 Å². The van der Waals surface area contributed by atoms with Crippen molar-refractivity contribution >= 4 is 25.6 Å². The number of nitrogens with zero attached hydrogens (tertiary/aromatic N) is 5. The molecule has 0 radical (unpaired) electrons. The van der Waals surface area contributed by atoms with Gasteiger partial charge in [0, 0.05) is 17.1 Å². The quantitative estimate of drug-likeness (QED) is 0.446. The van der Waals surface area contributed by atoms with Crippen LogP contribution in [0, 0.1) is 10.1 Å². The van der Waals surface area contributed by atoms with Crippen molar-refractivity contribution in [2.75, 3.05) is 0 Å². The fourth-order valence-electron chi connectivity index (χ4n) is 1.42. The third-order valence-electron chi connectivity index (χ3n) is 2.26. The number of hydrogen-bond donors (Lipinski definition) is 0. The van der Waals surface area contributed by atoms with Crippen LogP contribution in [0.2, 0.25) is 0 Å². The Balaban J connectivity index is 2.36. The molecule has 0 bridgehead atoms. The molecule has 10 nitrogen and oxygen atoms in total. The summed E-state index contributed by atoms with van der Waals surface area (Å²) in [5.41, 5.74) is 0. The summed E-state index contributed by atoms with van der Waals surface area (Å²) in [6.45, 7) is 1.74. The molecule has 0 saturated carbocycles. The fourth-order valence-corrected chi connectivity index (χ4v) is 2.32. The van der Waals surface area contributed by atoms with E-state index in [0.717, 1.165) is 10.9 Å². The molecule has 0 fully saturated rings. The first-order chi connectivity index (χ1) is 9.31. The van der Waals surface area contributed by atoms with E-state index in [9.17, 15) is 18.5 Å². The smallest absolute Gasteiger partial charge is 0.358 e. The lowest BCUT2D eigenvalue weighted by molar-refractivity contribution is -0.392. The van der Waals surface area contributed by atoms with Crippen LogP contribution in [-0.2, 0) is 22.0 Å². The summed E-state index contributed by atoms with van der Waals surface area (Å²) in [4.78, 5) is 13.1. The summed E-state index contributed by atoms with van der Waals surface area (Å²) in [6.07, 6.45) is 1.48. The molecule has 0 aliphatic rings. The number of halogens is 1. The molecule has 2 rings (SSSR count). The van der Waals surface area contributed by atoms with E-state index in [-0.39, 0.29) is 12.4 Å². The third kappa shape index (κ3) is 2.93. The van der Waals surface area contributed by atoms with Crippen molar-refractivity contribution in [1.82, 2.24) is 19.9 Å². The summed E-state index contributed by atoms with van der Waals surface area (Å²) in [7, 11) is 0.849. The van der Waals surface area contributed by atoms with E-state index in [1.165, 1.54) is 0 Å². The van der Waals surface area contributed by atoms with E-state index in [4.69, 9.17) is 15.2 Å². The number of rotatable bonds is 5. The highest BCUT2D eigenvalue weighted by atomic mass is 35.7. The first-order valence-corrected chi connectivity index (χ1v) is 7.60. The molecule has 2 aromatic heterocycles. The number of aryl methyl sites for hydroxylation is 1. The van der Waals surface area contributed by atoms with Gasteiger partial charge in [-0.05, 0) is 4.92 Å². The predicted molar refractivity (Wildman–Crippen MR) is 64.7 cm³/mol. The lowest BCUT2D eigenvalue weighted by Gasteiger charge is -1.89. The van der Waals surface area contributed by atoms with Crippen LogP contribution in [0.4, 0.5) is 5.82 Å². The minimum atomic E-state index is -4.27. The van der Waals surface area contributed by atoms with Crippen LogP contribution in [0.15, 0.2) is 15.6 Å². The second-order valence-corrected chi connectivity index (χ2v) is 6.20. The van der Waals surface area contributed by atoms with Gasteiger partial charge >= 0.3 is 5.82 Å². The Kier molecular flexibility index (Phi) is 3.72. The van der Waals surface area contributed by atoms with Crippen molar-refractivity contribution in [3.05, 3.63) is 28.0 Å². The molecule has 0 amide bonds. The zero-order chi connectivity index (χ0) is 14.9. The zero-order valence-electron chi connectivity index (χ0n) is 10.1. The van der Waals surface area contributed by atoms with Gasteiger partial charge in [-0.3, -0.25) is 0 Å². The molecule has 0 saturated heterocycles. The highest BCUT2D eigenvalue weighted by Crippen LogP contribution is 2.25. The van der Waals surface area contributed by atoms with E-state index < -0.39 is 24.7 Å². The molecule has 2 heterocycles. The lowest BCUT2D eigenvalue weighted by atomic mass is 10.5. The second-order valence-electron chi connectivity index (χ2n) is 3.67. The Morgan fingerprint density at radius 3 is 2.70 bits per heavy atom. The van der Waals surface area contributed by atoms with Gasteiger partial charge in [0.1, 0.15) is 6.54 Å². The van der Waals surface area contributed by atoms with E-state index in [1.54, 1.807) is 0 Å². The van der Waals surface area contributed by atoms with Crippen LogP contribution in [0.1, 0.15) is 18.6 Å². The number of nitro groups is 1. The topological polar surface area (TPSA) is 134 Å². The fraction of sp³-hybridized carbons (Fsp3) is 0.375. The van der Waals surface area contributed by atoms with E-state index in [1.807, 2.05) is 6.92 Å². The Labute approximate surface area is 116 Å². The van der Waals surface area contributed by atoms with Crippen LogP contribution in [0.5, 0.6) is 0 Å². The van der Waals surface area contributed by atoms with Gasteiger partial charge in [0.2, 0.25) is 10.8 Å². The van der Waals surface area contributed by atoms with Crippen molar-refractivity contribution in [2.45, 2.75) is 24.8 Å². The minimum Gasteiger partial charge on any atom is -0.358 e. The Bertz CT molecular complexity index is 751. The largest absolute Gasteiger partial charge is 0.410 e. The first-order valence-electron chi connectivity index (χ1n) is 5.29. The summed E-state index contributed by atoms with van der Waals surface area (Å²) in [6, 6.07) is 0. The van der Waals surface area contributed by atoms with Gasteiger partial charge in [-0.1, -0.05) is 12.1 Å². The van der Waals surface area contributed by atoms with Gasteiger partial charge in [-0.2, -0.15) is 9.67 Å². The van der Waals surface area contributed by atoms with Crippen molar-refractivity contribution < 1.29 is 17.9 Å². The molecule has 0 atom stereocenters. The monoisotopic (exact) mass is 321 g/mol. The lowest BCUT2D eigenvalue weighted by Crippen LogP contribution is -2.03. The van der Waals surface area contributed by atoms with Crippen molar-refractivity contribution in [1.29, 1.82) is 0 Å². The van der Waals surface area contributed by atoms with Gasteiger partial charge in [0.25, 0.3) is 9.05 Å². The SMILES string of the molecule is CCc1nc(Cn2cc(S(=O)(=O)Cl)c([N+](=O)[O-])n2)no1. The highest BCUT2D eigenvalue weighted by molar-refractivity contribution is 8.13. The first kappa shape index (κ1) is 14.4. The maximum Gasteiger partial charge on any atom is 0.410 e. The number of aromatic nitrogens is 4. The van der Waals surface area contributed by atoms with E-state index in [0.29, 0.717) is 12.3 Å². The molecule has 0 unspecified atom stereocenters. The maximum absolute atomic E-state index is 11.2. The Morgan fingerprint density at radius 1 is 1.55 bits per heavy atom. The van der Waals surface area contributed by atoms with Crippen LogP contribution >= 0.6 is 10.7 Å². The standard InChI is InChI=1S/C8H8ClN5O5S/c1-2-7-10-6(12-19-7)4-13-3-5(20(9,17)18)8(11-13)14(15)16/h3H,2,4H2,1H3. The summed E-state index contributed by atoms with van der Waals surface area (Å²) < 4.78 is 28.3. The number of hydrogen-bond acceptors (Lipinski definition) is 8. The van der Waals surface area contributed by atoms with Crippen molar-refractivity contribution in [3.63, 3.8) is 0 Å². The molecule has 0 N–H and O–H groups in total. The Hall–Kier alpha value is -2.01. The predicted octanol–water partition coefficient (Wildman–Crippen LogP) is 0.712. The third-order valence-corrected chi connectivity index (χ3v) is 3.57. The summed E-state index contributed by atoms with van der Waals surface area (Å²) in [5.74, 6) is -0.233. The van der Waals surface area contributed by atoms with Crippen molar-refractivity contribution in [2.24, 2.45) is 0 Å². The molecule has 2 aromatic rings.